The minimum Gasteiger partial charge on any atom is -0.497 e. The van der Waals surface area contributed by atoms with E-state index in [0.717, 1.165) is 0 Å². The second kappa shape index (κ2) is 7.13. The molecule has 1 aliphatic rings. The highest BCUT2D eigenvalue weighted by Crippen LogP contribution is 2.27. The first-order chi connectivity index (χ1) is 10.6. The topological polar surface area (TPSA) is 85.3 Å². The molecular formula is C15H19NO6. The molecule has 0 aliphatic carbocycles. The van der Waals surface area contributed by atoms with Gasteiger partial charge in [0, 0.05) is 6.54 Å². The molecule has 0 saturated carbocycles. The largest absolute Gasteiger partial charge is 0.497 e. The SMILES string of the molecule is COc1ccc(OC)c(C(=O)N2CCOCC2CC(=O)O)c1. The summed E-state index contributed by atoms with van der Waals surface area (Å²) in [5.41, 5.74) is 0.346. The van der Waals surface area contributed by atoms with Gasteiger partial charge in [-0.15, -0.1) is 0 Å². The van der Waals surface area contributed by atoms with Gasteiger partial charge in [0.2, 0.25) is 0 Å². The summed E-state index contributed by atoms with van der Waals surface area (Å²) in [6, 6.07) is 4.45. The van der Waals surface area contributed by atoms with Gasteiger partial charge in [-0.3, -0.25) is 9.59 Å². The van der Waals surface area contributed by atoms with Gasteiger partial charge in [-0.1, -0.05) is 0 Å². The van der Waals surface area contributed by atoms with Crippen LogP contribution in [0.1, 0.15) is 16.8 Å². The molecule has 22 heavy (non-hydrogen) atoms. The molecule has 0 spiro atoms. The monoisotopic (exact) mass is 309 g/mol. The number of hydrogen-bond acceptors (Lipinski definition) is 5. The predicted molar refractivity (Wildman–Crippen MR) is 77.4 cm³/mol. The quantitative estimate of drug-likeness (QED) is 0.874. The van der Waals surface area contributed by atoms with E-state index in [2.05, 4.69) is 0 Å². The normalized spacial score (nSPS) is 17.9. The predicted octanol–water partition coefficient (Wildman–Crippen LogP) is 1.02. The van der Waals surface area contributed by atoms with Gasteiger partial charge < -0.3 is 24.2 Å². The Bertz CT molecular complexity index is 559. The van der Waals surface area contributed by atoms with Gasteiger partial charge in [-0.2, -0.15) is 0 Å². The van der Waals surface area contributed by atoms with Gasteiger partial charge in [0.15, 0.2) is 0 Å². The first-order valence-electron chi connectivity index (χ1n) is 6.89. The molecule has 1 heterocycles. The van der Waals surface area contributed by atoms with Gasteiger partial charge in [-0.05, 0) is 18.2 Å². The summed E-state index contributed by atoms with van der Waals surface area (Å²) >= 11 is 0. The lowest BCUT2D eigenvalue weighted by Gasteiger charge is -2.35. The molecule has 1 aromatic rings. The molecule has 7 heteroatoms. The summed E-state index contributed by atoms with van der Waals surface area (Å²) in [6.45, 7) is 0.940. The summed E-state index contributed by atoms with van der Waals surface area (Å²) in [4.78, 5) is 25.3. The van der Waals surface area contributed by atoms with E-state index in [1.807, 2.05) is 0 Å². The number of hydrogen-bond donors (Lipinski definition) is 1. The van der Waals surface area contributed by atoms with Crippen molar-refractivity contribution in [3.63, 3.8) is 0 Å². The number of aliphatic carboxylic acids is 1. The van der Waals surface area contributed by atoms with E-state index in [1.165, 1.54) is 19.1 Å². The third kappa shape index (κ3) is 3.48. The fourth-order valence-electron chi connectivity index (χ4n) is 2.43. The van der Waals surface area contributed by atoms with Crippen LogP contribution in [0.4, 0.5) is 0 Å². The smallest absolute Gasteiger partial charge is 0.305 e. The van der Waals surface area contributed by atoms with E-state index in [0.29, 0.717) is 30.2 Å². The second-order valence-electron chi connectivity index (χ2n) is 4.89. The number of carbonyl (C=O) groups excluding carboxylic acids is 1. The van der Waals surface area contributed by atoms with Crippen molar-refractivity contribution in [1.82, 2.24) is 4.90 Å². The zero-order valence-electron chi connectivity index (χ0n) is 12.6. The first kappa shape index (κ1) is 16.1. The van der Waals surface area contributed by atoms with Crippen LogP contribution in [0.25, 0.3) is 0 Å². The van der Waals surface area contributed by atoms with Crippen molar-refractivity contribution in [2.75, 3.05) is 34.0 Å². The van der Waals surface area contributed by atoms with Crippen LogP contribution in [-0.2, 0) is 9.53 Å². The maximum Gasteiger partial charge on any atom is 0.305 e. The number of nitrogens with zero attached hydrogens (tertiary/aromatic N) is 1. The lowest BCUT2D eigenvalue weighted by Crippen LogP contribution is -2.49. The molecule has 0 aromatic heterocycles. The lowest BCUT2D eigenvalue weighted by atomic mass is 10.1. The number of morpholine rings is 1. The molecule has 0 radical (unpaired) electrons. The lowest BCUT2D eigenvalue weighted by molar-refractivity contribution is -0.139. The molecular weight excluding hydrogens is 290 g/mol. The number of carboxylic acid groups (broad SMARTS) is 1. The highest BCUT2D eigenvalue weighted by molar-refractivity contribution is 5.97. The Labute approximate surface area is 128 Å². The third-order valence-electron chi connectivity index (χ3n) is 3.54. The van der Waals surface area contributed by atoms with E-state index < -0.39 is 12.0 Å². The van der Waals surface area contributed by atoms with E-state index >= 15 is 0 Å². The molecule has 1 aliphatic heterocycles. The third-order valence-corrected chi connectivity index (χ3v) is 3.54. The maximum absolute atomic E-state index is 12.8. The summed E-state index contributed by atoms with van der Waals surface area (Å²) in [7, 11) is 2.99. The molecule has 1 unspecified atom stereocenters. The van der Waals surface area contributed by atoms with Crippen LogP contribution in [0, 0.1) is 0 Å². The van der Waals surface area contributed by atoms with Crippen molar-refractivity contribution in [1.29, 1.82) is 0 Å². The summed E-state index contributed by atoms with van der Waals surface area (Å²) in [5, 5.41) is 8.98. The molecule has 1 atom stereocenters. The summed E-state index contributed by atoms with van der Waals surface area (Å²) in [6.07, 6.45) is -0.155. The van der Waals surface area contributed by atoms with Crippen molar-refractivity contribution >= 4 is 11.9 Å². The van der Waals surface area contributed by atoms with E-state index in [9.17, 15) is 9.59 Å². The minimum absolute atomic E-state index is 0.155. The Morgan fingerprint density at radius 1 is 1.36 bits per heavy atom. The fraction of sp³-hybridized carbons (Fsp3) is 0.467. The molecule has 2 rings (SSSR count). The maximum atomic E-state index is 12.8. The Hall–Kier alpha value is -2.28. The molecule has 120 valence electrons. The highest BCUT2D eigenvalue weighted by atomic mass is 16.5. The zero-order valence-corrected chi connectivity index (χ0v) is 12.6. The van der Waals surface area contributed by atoms with Crippen molar-refractivity contribution < 1.29 is 28.9 Å². The number of rotatable bonds is 5. The van der Waals surface area contributed by atoms with Crippen molar-refractivity contribution in [3.8, 4) is 11.5 Å². The van der Waals surface area contributed by atoms with Crippen molar-refractivity contribution in [3.05, 3.63) is 23.8 Å². The van der Waals surface area contributed by atoms with Gasteiger partial charge >= 0.3 is 5.97 Å². The number of amides is 1. The Morgan fingerprint density at radius 2 is 2.14 bits per heavy atom. The van der Waals surface area contributed by atoms with E-state index in [4.69, 9.17) is 19.3 Å². The molecule has 1 aromatic carbocycles. The van der Waals surface area contributed by atoms with Crippen LogP contribution < -0.4 is 9.47 Å². The average molecular weight is 309 g/mol. The standard InChI is InChI=1S/C15H19NO6/c1-20-11-3-4-13(21-2)12(8-11)15(19)16-5-6-22-9-10(16)7-14(17)18/h3-4,8,10H,5-7,9H2,1-2H3,(H,17,18). The van der Waals surface area contributed by atoms with Crippen molar-refractivity contribution in [2.45, 2.75) is 12.5 Å². The zero-order chi connectivity index (χ0) is 16.1. The molecule has 1 saturated heterocycles. The van der Waals surface area contributed by atoms with Crippen molar-refractivity contribution in [2.24, 2.45) is 0 Å². The number of methoxy groups -OCH3 is 2. The minimum atomic E-state index is -0.967. The first-order valence-corrected chi connectivity index (χ1v) is 6.89. The van der Waals surface area contributed by atoms with Crippen LogP contribution in [0.15, 0.2) is 18.2 Å². The Morgan fingerprint density at radius 3 is 2.77 bits per heavy atom. The van der Waals surface area contributed by atoms with Crippen LogP contribution in [0.3, 0.4) is 0 Å². The Balaban J connectivity index is 2.30. The molecule has 1 fully saturated rings. The van der Waals surface area contributed by atoms with Gasteiger partial charge in [0.1, 0.15) is 11.5 Å². The second-order valence-corrected chi connectivity index (χ2v) is 4.89. The van der Waals surface area contributed by atoms with E-state index in [-0.39, 0.29) is 18.9 Å². The van der Waals surface area contributed by atoms with Crippen LogP contribution >= 0.6 is 0 Å². The van der Waals surface area contributed by atoms with Crippen LogP contribution in [0.2, 0.25) is 0 Å². The molecule has 1 N–H and O–H groups in total. The average Bonchev–Trinajstić information content (AvgIpc) is 2.53. The summed E-state index contributed by atoms with van der Waals surface area (Å²) < 4.78 is 15.6. The van der Waals surface area contributed by atoms with Crippen LogP contribution in [0.5, 0.6) is 11.5 Å². The summed E-state index contributed by atoms with van der Waals surface area (Å²) in [5.74, 6) is -0.297. The van der Waals surface area contributed by atoms with Gasteiger partial charge in [0.25, 0.3) is 5.91 Å². The van der Waals surface area contributed by atoms with Crippen LogP contribution in [-0.4, -0.2) is 61.9 Å². The number of carbonyl (C=O) groups is 2. The fourth-order valence-corrected chi connectivity index (χ4v) is 2.43. The van der Waals surface area contributed by atoms with Gasteiger partial charge in [-0.25, -0.2) is 0 Å². The van der Waals surface area contributed by atoms with Gasteiger partial charge in [0.05, 0.1) is 45.5 Å². The van der Waals surface area contributed by atoms with E-state index in [1.54, 1.807) is 18.2 Å². The molecule has 7 nitrogen and oxygen atoms in total. The Kier molecular flexibility index (Phi) is 5.21. The highest BCUT2D eigenvalue weighted by Gasteiger charge is 2.31. The number of carboxylic acids is 1. The number of benzene rings is 1. The molecule has 1 amide bonds. The molecule has 0 bridgehead atoms. The number of ether oxygens (including phenoxy) is 3.